The van der Waals surface area contributed by atoms with Crippen LogP contribution in [0.2, 0.25) is 0 Å². The molecule has 0 N–H and O–H groups in total. The van der Waals surface area contributed by atoms with Gasteiger partial charge in [0.05, 0.1) is 6.61 Å². The Bertz CT molecular complexity index is 579. The van der Waals surface area contributed by atoms with Crippen LogP contribution in [0, 0.1) is 6.92 Å². The Morgan fingerprint density at radius 2 is 2.29 bits per heavy atom. The van der Waals surface area contributed by atoms with Crippen molar-refractivity contribution < 1.29 is 4.74 Å². The molecule has 1 saturated heterocycles. The number of aromatic nitrogens is 6. The van der Waals surface area contributed by atoms with Crippen molar-refractivity contribution in [3.8, 4) is 0 Å². The Morgan fingerprint density at radius 1 is 1.38 bits per heavy atom. The fraction of sp³-hybridized carbons (Fsp3) is 0.692. The molecule has 3 heterocycles. The third kappa shape index (κ3) is 3.27. The number of imidazole rings is 1. The molecule has 0 bridgehead atoms. The molecule has 0 aromatic carbocycles. The number of ether oxygens (including phenoxy) is 1. The highest BCUT2D eigenvalue weighted by molar-refractivity contribution is 4.91. The molecule has 8 heteroatoms. The molecule has 0 spiro atoms. The van der Waals surface area contributed by atoms with Crippen molar-refractivity contribution in [2.24, 2.45) is 7.05 Å². The van der Waals surface area contributed by atoms with Gasteiger partial charge in [0.2, 0.25) is 0 Å². The van der Waals surface area contributed by atoms with Crippen LogP contribution < -0.4 is 0 Å². The van der Waals surface area contributed by atoms with Crippen LogP contribution in [0.4, 0.5) is 0 Å². The summed E-state index contributed by atoms with van der Waals surface area (Å²) in [6, 6.07) is 0. The van der Waals surface area contributed by atoms with Gasteiger partial charge in [-0.3, -0.25) is 4.90 Å². The zero-order chi connectivity index (χ0) is 14.7. The van der Waals surface area contributed by atoms with E-state index in [1.54, 1.807) is 4.68 Å². The number of aryl methyl sites for hydroxylation is 3. The number of tetrazole rings is 1. The Hall–Kier alpha value is -1.80. The van der Waals surface area contributed by atoms with Gasteiger partial charge in [-0.05, 0) is 23.8 Å². The van der Waals surface area contributed by atoms with Crippen molar-refractivity contribution >= 4 is 0 Å². The molecule has 2 aromatic rings. The van der Waals surface area contributed by atoms with Gasteiger partial charge >= 0.3 is 0 Å². The summed E-state index contributed by atoms with van der Waals surface area (Å²) in [5.74, 6) is 1.87. The maximum Gasteiger partial charge on any atom is 0.181 e. The van der Waals surface area contributed by atoms with Gasteiger partial charge in [-0.25, -0.2) is 9.67 Å². The molecule has 0 amide bonds. The van der Waals surface area contributed by atoms with Gasteiger partial charge in [-0.1, -0.05) is 0 Å². The summed E-state index contributed by atoms with van der Waals surface area (Å²) in [7, 11) is 1.85. The Morgan fingerprint density at radius 3 is 3.00 bits per heavy atom. The first kappa shape index (κ1) is 14.2. The SMILES string of the molecule is Cc1nccn1CCCN1CCOC(c2nnnn2C)C1. The van der Waals surface area contributed by atoms with Gasteiger partial charge in [0.1, 0.15) is 11.9 Å². The second-order valence-electron chi connectivity index (χ2n) is 5.34. The van der Waals surface area contributed by atoms with E-state index in [2.05, 4.69) is 30.0 Å². The lowest BCUT2D eigenvalue weighted by atomic mass is 10.2. The molecular formula is C13H21N7O. The highest BCUT2D eigenvalue weighted by Crippen LogP contribution is 2.19. The lowest BCUT2D eigenvalue weighted by Gasteiger charge is -2.32. The molecule has 21 heavy (non-hydrogen) atoms. The van der Waals surface area contributed by atoms with Crippen LogP contribution in [0.5, 0.6) is 0 Å². The van der Waals surface area contributed by atoms with E-state index in [1.807, 2.05) is 26.4 Å². The minimum Gasteiger partial charge on any atom is -0.367 e. The number of morpholine rings is 1. The fourth-order valence-corrected chi connectivity index (χ4v) is 2.68. The third-order valence-corrected chi connectivity index (χ3v) is 3.89. The van der Waals surface area contributed by atoms with Crippen molar-refractivity contribution in [2.45, 2.75) is 26.0 Å². The molecule has 0 radical (unpaired) electrons. The van der Waals surface area contributed by atoms with E-state index in [0.717, 1.165) is 50.9 Å². The molecule has 0 aliphatic carbocycles. The van der Waals surface area contributed by atoms with Crippen LogP contribution in [0.15, 0.2) is 12.4 Å². The van der Waals surface area contributed by atoms with E-state index in [0.29, 0.717) is 0 Å². The van der Waals surface area contributed by atoms with Crippen LogP contribution in [-0.4, -0.2) is 60.9 Å². The Balaban J connectivity index is 1.50. The van der Waals surface area contributed by atoms with Gasteiger partial charge in [0.25, 0.3) is 0 Å². The molecule has 1 aliphatic rings. The first-order valence-corrected chi connectivity index (χ1v) is 7.28. The minimum atomic E-state index is -0.0336. The minimum absolute atomic E-state index is 0.0336. The normalized spacial score (nSPS) is 20.0. The second kappa shape index (κ2) is 6.31. The smallest absolute Gasteiger partial charge is 0.181 e. The average molecular weight is 291 g/mol. The molecule has 114 valence electrons. The monoisotopic (exact) mass is 291 g/mol. The summed E-state index contributed by atoms with van der Waals surface area (Å²) in [5, 5.41) is 11.6. The van der Waals surface area contributed by atoms with Crippen molar-refractivity contribution in [3.63, 3.8) is 0 Å². The van der Waals surface area contributed by atoms with Crippen molar-refractivity contribution in [2.75, 3.05) is 26.2 Å². The largest absolute Gasteiger partial charge is 0.367 e. The van der Waals surface area contributed by atoms with Crippen LogP contribution in [0.1, 0.15) is 24.2 Å². The molecule has 8 nitrogen and oxygen atoms in total. The topological polar surface area (TPSA) is 73.9 Å². The zero-order valence-electron chi connectivity index (χ0n) is 12.5. The predicted molar refractivity (Wildman–Crippen MR) is 75.5 cm³/mol. The molecule has 3 rings (SSSR count). The maximum absolute atomic E-state index is 5.78. The lowest BCUT2D eigenvalue weighted by Crippen LogP contribution is -2.39. The van der Waals surface area contributed by atoms with E-state index >= 15 is 0 Å². The standard InChI is InChI=1S/C13H21N7O/c1-11-14-4-7-20(11)6-3-5-19-8-9-21-12(10-19)13-15-16-17-18(13)2/h4,7,12H,3,5-6,8-10H2,1-2H3. The Labute approximate surface area is 123 Å². The van der Waals surface area contributed by atoms with Gasteiger partial charge in [0, 0.05) is 45.6 Å². The number of hydrogen-bond acceptors (Lipinski definition) is 6. The van der Waals surface area contributed by atoms with E-state index in [9.17, 15) is 0 Å². The summed E-state index contributed by atoms with van der Waals surface area (Å²) in [6.07, 6.45) is 4.94. The highest BCUT2D eigenvalue weighted by Gasteiger charge is 2.25. The van der Waals surface area contributed by atoms with Gasteiger partial charge in [-0.15, -0.1) is 5.10 Å². The molecule has 1 atom stereocenters. The highest BCUT2D eigenvalue weighted by atomic mass is 16.5. The molecule has 1 unspecified atom stereocenters. The van der Waals surface area contributed by atoms with Crippen LogP contribution in [-0.2, 0) is 18.3 Å². The number of hydrogen-bond donors (Lipinski definition) is 0. The van der Waals surface area contributed by atoms with Gasteiger partial charge in [0.15, 0.2) is 5.82 Å². The van der Waals surface area contributed by atoms with E-state index in [4.69, 9.17) is 4.74 Å². The average Bonchev–Trinajstić information content (AvgIpc) is 3.08. The van der Waals surface area contributed by atoms with E-state index < -0.39 is 0 Å². The van der Waals surface area contributed by atoms with Crippen LogP contribution in [0.25, 0.3) is 0 Å². The third-order valence-electron chi connectivity index (χ3n) is 3.89. The lowest BCUT2D eigenvalue weighted by molar-refractivity contribution is -0.0365. The predicted octanol–water partition coefficient (Wildman–Crippen LogP) is 0.179. The first-order valence-electron chi connectivity index (χ1n) is 7.28. The molecule has 0 saturated carbocycles. The molecule has 2 aromatic heterocycles. The summed E-state index contributed by atoms with van der Waals surface area (Å²) >= 11 is 0. The van der Waals surface area contributed by atoms with Crippen LogP contribution in [0.3, 0.4) is 0 Å². The van der Waals surface area contributed by atoms with Crippen molar-refractivity contribution in [3.05, 3.63) is 24.0 Å². The summed E-state index contributed by atoms with van der Waals surface area (Å²) < 4.78 is 9.65. The van der Waals surface area contributed by atoms with Crippen molar-refractivity contribution in [1.82, 2.24) is 34.7 Å². The molecule has 1 fully saturated rings. The fourth-order valence-electron chi connectivity index (χ4n) is 2.68. The first-order chi connectivity index (χ1) is 10.2. The second-order valence-corrected chi connectivity index (χ2v) is 5.34. The van der Waals surface area contributed by atoms with E-state index in [-0.39, 0.29) is 6.10 Å². The quantitative estimate of drug-likeness (QED) is 0.782. The maximum atomic E-state index is 5.78. The summed E-state index contributed by atoms with van der Waals surface area (Å²) in [5.41, 5.74) is 0. The van der Waals surface area contributed by atoms with Gasteiger partial charge < -0.3 is 9.30 Å². The van der Waals surface area contributed by atoms with Gasteiger partial charge in [-0.2, -0.15) is 0 Å². The van der Waals surface area contributed by atoms with Crippen molar-refractivity contribution in [1.29, 1.82) is 0 Å². The number of nitrogens with zero attached hydrogens (tertiary/aromatic N) is 7. The zero-order valence-corrected chi connectivity index (χ0v) is 12.5. The summed E-state index contributed by atoms with van der Waals surface area (Å²) in [6.45, 7) is 6.61. The number of rotatable bonds is 5. The molecule has 1 aliphatic heterocycles. The summed E-state index contributed by atoms with van der Waals surface area (Å²) in [4.78, 5) is 6.65. The van der Waals surface area contributed by atoms with E-state index in [1.165, 1.54) is 0 Å². The molecular weight excluding hydrogens is 270 g/mol. The Kier molecular flexibility index (Phi) is 4.26. The van der Waals surface area contributed by atoms with Crippen LogP contribution >= 0.6 is 0 Å².